The van der Waals surface area contributed by atoms with Crippen LogP contribution in [0.2, 0.25) is 0 Å². The second kappa shape index (κ2) is 6.97. The minimum absolute atomic E-state index is 0.0676. The first-order chi connectivity index (χ1) is 12.7. The average Bonchev–Trinajstić information content (AvgIpc) is 3.15. The van der Waals surface area contributed by atoms with E-state index in [9.17, 15) is 4.39 Å². The molecular weight excluding hydrogens is 327 g/mol. The fraction of sp³-hybridized carbons (Fsp3) is 0.182. The van der Waals surface area contributed by atoms with Crippen LogP contribution in [0, 0.1) is 17.1 Å². The highest BCUT2D eigenvalue weighted by molar-refractivity contribution is 5.62. The van der Waals surface area contributed by atoms with E-state index in [1.807, 2.05) is 18.2 Å². The zero-order valence-electron chi connectivity index (χ0n) is 14.2. The standard InChI is InChI=1S/C22H17FN2O/c23-20-11-15(13-24)7-8-19(20)14-26-22-6-2-5-21(25-22)18-10-9-16-3-1-4-17(16)12-18/h2,5-12H,1,3-4,14H2. The summed E-state index contributed by atoms with van der Waals surface area (Å²) in [5, 5.41) is 8.80. The molecule has 4 heteroatoms. The van der Waals surface area contributed by atoms with E-state index in [2.05, 4.69) is 23.2 Å². The first kappa shape index (κ1) is 16.3. The van der Waals surface area contributed by atoms with Gasteiger partial charge in [0.2, 0.25) is 5.88 Å². The molecule has 0 saturated carbocycles. The summed E-state index contributed by atoms with van der Waals surface area (Å²) in [5.41, 5.74) is 5.43. The number of aryl methyl sites for hydroxylation is 2. The monoisotopic (exact) mass is 344 g/mol. The topological polar surface area (TPSA) is 45.9 Å². The van der Waals surface area contributed by atoms with Gasteiger partial charge in [-0.3, -0.25) is 0 Å². The van der Waals surface area contributed by atoms with Gasteiger partial charge >= 0.3 is 0 Å². The normalized spacial score (nSPS) is 12.5. The van der Waals surface area contributed by atoms with Crippen LogP contribution in [-0.2, 0) is 19.4 Å². The molecule has 128 valence electrons. The highest BCUT2D eigenvalue weighted by Crippen LogP contribution is 2.28. The molecule has 0 unspecified atom stereocenters. The lowest BCUT2D eigenvalue weighted by Crippen LogP contribution is -2.01. The number of nitrogens with zero attached hydrogens (tertiary/aromatic N) is 2. The largest absolute Gasteiger partial charge is 0.473 e. The Labute approximate surface area is 151 Å². The molecule has 1 heterocycles. The van der Waals surface area contributed by atoms with Crippen molar-refractivity contribution in [2.75, 3.05) is 0 Å². The van der Waals surface area contributed by atoms with Crippen LogP contribution < -0.4 is 4.74 Å². The Hall–Kier alpha value is -3.19. The number of pyridine rings is 1. The molecule has 4 rings (SSSR count). The van der Waals surface area contributed by atoms with Crippen molar-refractivity contribution in [3.05, 3.63) is 82.7 Å². The fourth-order valence-electron chi connectivity index (χ4n) is 3.27. The van der Waals surface area contributed by atoms with E-state index in [0.29, 0.717) is 17.0 Å². The molecule has 0 radical (unpaired) electrons. The summed E-state index contributed by atoms with van der Waals surface area (Å²) in [6.45, 7) is 0.0676. The maximum atomic E-state index is 14.0. The Bertz CT molecular complexity index is 1010. The Morgan fingerprint density at radius 1 is 1.04 bits per heavy atom. The fourth-order valence-corrected chi connectivity index (χ4v) is 3.27. The molecule has 0 atom stereocenters. The number of fused-ring (bicyclic) bond motifs is 1. The Morgan fingerprint density at radius 2 is 1.92 bits per heavy atom. The first-order valence-electron chi connectivity index (χ1n) is 8.63. The van der Waals surface area contributed by atoms with Gasteiger partial charge in [0.25, 0.3) is 0 Å². The van der Waals surface area contributed by atoms with Gasteiger partial charge in [0.05, 0.1) is 17.3 Å². The van der Waals surface area contributed by atoms with Gasteiger partial charge in [-0.05, 0) is 54.7 Å². The van der Waals surface area contributed by atoms with Crippen LogP contribution in [0.25, 0.3) is 11.3 Å². The van der Waals surface area contributed by atoms with E-state index in [0.717, 1.165) is 24.1 Å². The molecule has 1 aliphatic rings. The van der Waals surface area contributed by atoms with Crippen LogP contribution in [0.5, 0.6) is 5.88 Å². The number of nitriles is 1. The number of hydrogen-bond acceptors (Lipinski definition) is 3. The molecule has 3 aromatic rings. The summed E-state index contributed by atoms with van der Waals surface area (Å²) >= 11 is 0. The van der Waals surface area contributed by atoms with E-state index < -0.39 is 5.82 Å². The van der Waals surface area contributed by atoms with Crippen molar-refractivity contribution >= 4 is 0 Å². The van der Waals surface area contributed by atoms with Gasteiger partial charge in [-0.25, -0.2) is 9.37 Å². The third-order valence-corrected chi connectivity index (χ3v) is 4.68. The predicted molar refractivity (Wildman–Crippen MR) is 97.1 cm³/mol. The van der Waals surface area contributed by atoms with E-state index in [4.69, 9.17) is 10.00 Å². The third-order valence-electron chi connectivity index (χ3n) is 4.68. The van der Waals surface area contributed by atoms with Crippen LogP contribution in [0.15, 0.2) is 54.6 Å². The third kappa shape index (κ3) is 3.29. The van der Waals surface area contributed by atoms with Crippen LogP contribution in [0.1, 0.15) is 28.7 Å². The SMILES string of the molecule is N#Cc1ccc(COc2cccc(-c3ccc4c(c3)CCC4)n2)c(F)c1. The number of halogens is 1. The molecule has 0 saturated heterocycles. The summed E-state index contributed by atoms with van der Waals surface area (Å²) in [4.78, 5) is 4.55. The first-order valence-corrected chi connectivity index (χ1v) is 8.63. The Morgan fingerprint density at radius 3 is 2.77 bits per heavy atom. The molecule has 0 N–H and O–H groups in total. The molecule has 26 heavy (non-hydrogen) atoms. The number of rotatable bonds is 4. The van der Waals surface area contributed by atoms with Crippen LogP contribution >= 0.6 is 0 Å². The Kier molecular flexibility index (Phi) is 4.37. The minimum atomic E-state index is -0.446. The van der Waals surface area contributed by atoms with Crippen molar-refractivity contribution in [2.45, 2.75) is 25.9 Å². The highest BCUT2D eigenvalue weighted by atomic mass is 19.1. The van der Waals surface area contributed by atoms with Crippen LogP contribution in [-0.4, -0.2) is 4.98 Å². The maximum Gasteiger partial charge on any atom is 0.214 e. The van der Waals surface area contributed by atoms with Gasteiger partial charge in [-0.1, -0.05) is 24.3 Å². The summed E-state index contributed by atoms with van der Waals surface area (Å²) in [6, 6.07) is 18.4. The van der Waals surface area contributed by atoms with Crippen molar-refractivity contribution in [1.29, 1.82) is 5.26 Å². The zero-order chi connectivity index (χ0) is 17.9. The van der Waals surface area contributed by atoms with E-state index in [1.165, 1.54) is 23.6 Å². The average molecular weight is 344 g/mol. The quantitative estimate of drug-likeness (QED) is 0.681. The summed E-state index contributed by atoms with van der Waals surface area (Å²) in [7, 11) is 0. The number of benzene rings is 2. The zero-order valence-corrected chi connectivity index (χ0v) is 14.2. The molecule has 0 amide bonds. The summed E-state index contributed by atoms with van der Waals surface area (Å²) in [5.74, 6) is 0.00517. The second-order valence-corrected chi connectivity index (χ2v) is 6.40. The van der Waals surface area contributed by atoms with Crippen LogP contribution in [0.3, 0.4) is 0 Å². The molecule has 2 aromatic carbocycles. The van der Waals surface area contributed by atoms with Gasteiger partial charge < -0.3 is 4.74 Å². The van der Waals surface area contributed by atoms with Crippen molar-refractivity contribution in [3.63, 3.8) is 0 Å². The summed E-state index contributed by atoms with van der Waals surface area (Å²) in [6.07, 6.45) is 3.49. The molecule has 0 spiro atoms. The van der Waals surface area contributed by atoms with E-state index in [1.54, 1.807) is 18.2 Å². The van der Waals surface area contributed by atoms with Gasteiger partial charge in [0.1, 0.15) is 12.4 Å². The van der Waals surface area contributed by atoms with Crippen LogP contribution in [0.4, 0.5) is 4.39 Å². The molecule has 1 aliphatic carbocycles. The van der Waals surface area contributed by atoms with E-state index in [-0.39, 0.29) is 6.61 Å². The van der Waals surface area contributed by atoms with Gasteiger partial charge in [0.15, 0.2) is 0 Å². The van der Waals surface area contributed by atoms with Gasteiger partial charge in [-0.15, -0.1) is 0 Å². The number of hydrogen-bond donors (Lipinski definition) is 0. The highest BCUT2D eigenvalue weighted by Gasteiger charge is 2.12. The lowest BCUT2D eigenvalue weighted by molar-refractivity contribution is 0.288. The number of aromatic nitrogens is 1. The lowest BCUT2D eigenvalue weighted by atomic mass is 10.0. The van der Waals surface area contributed by atoms with Crippen molar-refractivity contribution in [3.8, 4) is 23.2 Å². The summed E-state index contributed by atoms with van der Waals surface area (Å²) < 4.78 is 19.6. The lowest BCUT2D eigenvalue weighted by Gasteiger charge is -2.09. The molecule has 0 fully saturated rings. The molecule has 3 nitrogen and oxygen atoms in total. The molecule has 0 aliphatic heterocycles. The maximum absolute atomic E-state index is 14.0. The van der Waals surface area contributed by atoms with E-state index >= 15 is 0 Å². The smallest absolute Gasteiger partial charge is 0.214 e. The molecular formula is C22H17FN2O. The van der Waals surface area contributed by atoms with Gasteiger partial charge in [0, 0.05) is 17.2 Å². The van der Waals surface area contributed by atoms with Crippen molar-refractivity contribution in [2.24, 2.45) is 0 Å². The predicted octanol–water partition coefficient (Wildman–Crippen LogP) is 4.83. The molecule has 1 aromatic heterocycles. The van der Waals surface area contributed by atoms with Gasteiger partial charge in [-0.2, -0.15) is 5.26 Å². The Balaban J connectivity index is 1.52. The van der Waals surface area contributed by atoms with Crippen molar-refractivity contribution in [1.82, 2.24) is 4.98 Å². The van der Waals surface area contributed by atoms with Crippen molar-refractivity contribution < 1.29 is 9.13 Å². The second-order valence-electron chi connectivity index (χ2n) is 6.40. The number of ether oxygens (including phenoxy) is 1. The minimum Gasteiger partial charge on any atom is -0.473 e. The molecule has 0 bridgehead atoms.